The van der Waals surface area contributed by atoms with E-state index in [4.69, 9.17) is 4.74 Å². The van der Waals surface area contributed by atoms with Gasteiger partial charge < -0.3 is 10.1 Å². The number of morpholine rings is 1. The molecule has 0 aromatic carbocycles. The van der Waals surface area contributed by atoms with E-state index in [1.807, 2.05) is 11.3 Å². The van der Waals surface area contributed by atoms with Crippen LogP contribution in [-0.4, -0.2) is 36.2 Å². The average molecular weight is 296 g/mol. The molecule has 0 spiro atoms. The van der Waals surface area contributed by atoms with Gasteiger partial charge in [-0.3, -0.25) is 4.90 Å². The van der Waals surface area contributed by atoms with Crippen LogP contribution in [0.5, 0.6) is 0 Å². The van der Waals surface area contributed by atoms with Gasteiger partial charge in [-0.1, -0.05) is 6.92 Å². The van der Waals surface area contributed by atoms with Crippen molar-refractivity contribution in [1.29, 1.82) is 0 Å². The van der Waals surface area contributed by atoms with E-state index in [9.17, 15) is 0 Å². The van der Waals surface area contributed by atoms with Crippen LogP contribution in [0.15, 0.2) is 6.07 Å². The standard InChI is InChI=1S/C16H28N2OS/c1-6-17-8-15-7-14(13(3)20-15)10-18-9-12(2)19-16(4,5)11-18/h7,12,17H,6,8-11H2,1-5H3. The monoisotopic (exact) mass is 296 g/mol. The zero-order valence-corrected chi connectivity index (χ0v) is 14.3. The molecule has 1 aromatic rings. The maximum atomic E-state index is 5.98. The molecule has 0 amide bonds. The fraction of sp³-hybridized carbons (Fsp3) is 0.750. The molecule has 1 aliphatic rings. The molecule has 1 aliphatic heterocycles. The highest BCUT2D eigenvalue weighted by molar-refractivity contribution is 7.12. The summed E-state index contributed by atoms with van der Waals surface area (Å²) in [6, 6.07) is 2.37. The van der Waals surface area contributed by atoms with Crippen LogP contribution in [0.25, 0.3) is 0 Å². The second-order valence-electron chi connectivity index (χ2n) is 6.43. The molecule has 1 saturated heterocycles. The molecule has 20 heavy (non-hydrogen) atoms. The minimum Gasteiger partial charge on any atom is -0.370 e. The predicted molar refractivity (Wildman–Crippen MR) is 86.3 cm³/mol. The van der Waals surface area contributed by atoms with Crippen molar-refractivity contribution in [2.24, 2.45) is 0 Å². The van der Waals surface area contributed by atoms with Gasteiger partial charge in [0.05, 0.1) is 11.7 Å². The van der Waals surface area contributed by atoms with Crippen LogP contribution in [0.4, 0.5) is 0 Å². The summed E-state index contributed by atoms with van der Waals surface area (Å²) in [6.45, 7) is 16.0. The van der Waals surface area contributed by atoms with Crippen LogP contribution in [0.2, 0.25) is 0 Å². The van der Waals surface area contributed by atoms with Crippen LogP contribution >= 0.6 is 11.3 Å². The molecular weight excluding hydrogens is 268 g/mol. The van der Waals surface area contributed by atoms with Crippen LogP contribution in [0.1, 0.15) is 43.0 Å². The van der Waals surface area contributed by atoms with Gasteiger partial charge in [-0.15, -0.1) is 11.3 Å². The highest BCUT2D eigenvalue weighted by atomic mass is 32.1. The molecule has 1 atom stereocenters. The molecule has 2 heterocycles. The quantitative estimate of drug-likeness (QED) is 0.903. The van der Waals surface area contributed by atoms with Crippen LogP contribution in [0, 0.1) is 6.92 Å². The SMILES string of the molecule is CCNCc1cc(CN2CC(C)OC(C)(C)C2)c(C)s1. The van der Waals surface area contributed by atoms with E-state index in [-0.39, 0.29) is 5.60 Å². The number of rotatable bonds is 5. The Morgan fingerprint density at radius 2 is 2.25 bits per heavy atom. The molecule has 0 aliphatic carbocycles. The Hall–Kier alpha value is -0.420. The molecule has 1 N–H and O–H groups in total. The third-order valence-electron chi connectivity index (χ3n) is 3.65. The van der Waals surface area contributed by atoms with Crippen molar-refractivity contribution in [1.82, 2.24) is 10.2 Å². The largest absolute Gasteiger partial charge is 0.370 e. The van der Waals surface area contributed by atoms with Crippen molar-refractivity contribution in [2.75, 3.05) is 19.6 Å². The second kappa shape index (κ2) is 6.56. The van der Waals surface area contributed by atoms with E-state index < -0.39 is 0 Å². The number of hydrogen-bond donors (Lipinski definition) is 1. The van der Waals surface area contributed by atoms with Gasteiger partial charge in [-0.25, -0.2) is 0 Å². The van der Waals surface area contributed by atoms with Gasteiger partial charge in [0.15, 0.2) is 0 Å². The summed E-state index contributed by atoms with van der Waals surface area (Å²) >= 11 is 1.92. The van der Waals surface area contributed by atoms with Gasteiger partial charge in [0.1, 0.15) is 0 Å². The highest BCUT2D eigenvalue weighted by Gasteiger charge is 2.31. The predicted octanol–water partition coefficient (Wildman–Crippen LogP) is 3.17. The summed E-state index contributed by atoms with van der Waals surface area (Å²) in [5.41, 5.74) is 1.45. The maximum Gasteiger partial charge on any atom is 0.0757 e. The van der Waals surface area contributed by atoms with E-state index in [2.05, 4.69) is 50.9 Å². The van der Waals surface area contributed by atoms with Crippen molar-refractivity contribution < 1.29 is 4.74 Å². The smallest absolute Gasteiger partial charge is 0.0757 e. The molecule has 2 rings (SSSR count). The molecule has 1 unspecified atom stereocenters. The lowest BCUT2D eigenvalue weighted by Crippen LogP contribution is -2.51. The van der Waals surface area contributed by atoms with Crippen molar-refractivity contribution in [3.63, 3.8) is 0 Å². The fourth-order valence-corrected chi connectivity index (χ4v) is 4.05. The van der Waals surface area contributed by atoms with E-state index in [0.29, 0.717) is 6.10 Å². The molecule has 1 aromatic heterocycles. The molecular formula is C16H28N2OS. The summed E-state index contributed by atoms with van der Waals surface area (Å²) in [4.78, 5) is 5.43. The zero-order chi connectivity index (χ0) is 14.8. The number of ether oxygens (including phenoxy) is 1. The van der Waals surface area contributed by atoms with Gasteiger partial charge in [-0.05, 0) is 45.9 Å². The molecule has 4 heteroatoms. The summed E-state index contributed by atoms with van der Waals surface area (Å²) < 4.78 is 5.98. The van der Waals surface area contributed by atoms with Gasteiger partial charge in [0, 0.05) is 35.9 Å². The zero-order valence-electron chi connectivity index (χ0n) is 13.5. The lowest BCUT2D eigenvalue weighted by atomic mass is 10.0. The number of nitrogens with zero attached hydrogens (tertiary/aromatic N) is 1. The minimum atomic E-state index is -0.0335. The molecule has 0 radical (unpaired) electrons. The normalized spacial score (nSPS) is 23.1. The topological polar surface area (TPSA) is 24.5 Å². The highest BCUT2D eigenvalue weighted by Crippen LogP contribution is 2.26. The summed E-state index contributed by atoms with van der Waals surface area (Å²) in [5.74, 6) is 0. The van der Waals surface area contributed by atoms with Gasteiger partial charge >= 0.3 is 0 Å². The van der Waals surface area contributed by atoms with Crippen molar-refractivity contribution in [3.05, 3.63) is 21.4 Å². The Morgan fingerprint density at radius 3 is 2.90 bits per heavy atom. The Morgan fingerprint density at radius 1 is 1.50 bits per heavy atom. The number of aryl methyl sites for hydroxylation is 1. The summed E-state index contributed by atoms with van der Waals surface area (Å²) in [6.07, 6.45) is 0.318. The van der Waals surface area contributed by atoms with E-state index in [0.717, 1.165) is 32.7 Å². The Bertz CT molecular complexity index is 442. The fourth-order valence-electron chi connectivity index (χ4n) is 3.03. The van der Waals surface area contributed by atoms with Gasteiger partial charge in [-0.2, -0.15) is 0 Å². The second-order valence-corrected chi connectivity index (χ2v) is 7.77. The number of nitrogens with one attached hydrogen (secondary N) is 1. The van der Waals surface area contributed by atoms with E-state index >= 15 is 0 Å². The average Bonchev–Trinajstić information content (AvgIpc) is 2.65. The first-order chi connectivity index (χ1) is 9.39. The molecule has 3 nitrogen and oxygen atoms in total. The maximum absolute atomic E-state index is 5.98. The third-order valence-corrected chi connectivity index (χ3v) is 4.75. The Kier molecular flexibility index (Phi) is 5.24. The van der Waals surface area contributed by atoms with Gasteiger partial charge in [0.25, 0.3) is 0 Å². The first kappa shape index (κ1) is 16.0. The molecule has 0 saturated carbocycles. The molecule has 1 fully saturated rings. The first-order valence-corrected chi connectivity index (χ1v) is 8.40. The lowest BCUT2D eigenvalue weighted by molar-refractivity contribution is -0.130. The van der Waals surface area contributed by atoms with Crippen molar-refractivity contribution in [2.45, 2.75) is 59.4 Å². The van der Waals surface area contributed by atoms with Crippen molar-refractivity contribution in [3.8, 4) is 0 Å². The third kappa shape index (κ3) is 4.29. The van der Waals surface area contributed by atoms with E-state index in [1.165, 1.54) is 15.3 Å². The minimum absolute atomic E-state index is 0.0335. The summed E-state index contributed by atoms with van der Waals surface area (Å²) in [7, 11) is 0. The lowest BCUT2D eigenvalue weighted by Gasteiger charge is -2.41. The van der Waals surface area contributed by atoms with Crippen molar-refractivity contribution >= 4 is 11.3 Å². The number of hydrogen-bond acceptors (Lipinski definition) is 4. The molecule has 0 bridgehead atoms. The van der Waals surface area contributed by atoms with Crippen LogP contribution < -0.4 is 5.32 Å². The Labute approximate surface area is 127 Å². The van der Waals surface area contributed by atoms with Crippen LogP contribution in [0.3, 0.4) is 0 Å². The van der Waals surface area contributed by atoms with Crippen LogP contribution in [-0.2, 0) is 17.8 Å². The van der Waals surface area contributed by atoms with E-state index in [1.54, 1.807) is 0 Å². The molecule has 114 valence electrons. The van der Waals surface area contributed by atoms with Gasteiger partial charge in [0.2, 0.25) is 0 Å². The Balaban J connectivity index is 2.00. The first-order valence-electron chi connectivity index (χ1n) is 7.58. The summed E-state index contributed by atoms with van der Waals surface area (Å²) in [5, 5.41) is 3.41. The number of thiophene rings is 1.